The molecule has 140 valence electrons. The number of hydrogen-bond acceptors (Lipinski definition) is 3. The number of furan rings is 1. The SMILES string of the molecule is Cc1ccc2oc3cc4c(cc3c2c1)OB1c2ccc[n+]3c2-c2c(cccc2N14)C3. The van der Waals surface area contributed by atoms with Crippen LogP contribution in [0.25, 0.3) is 33.2 Å². The molecule has 3 aliphatic rings. The predicted molar refractivity (Wildman–Crippen MR) is 118 cm³/mol. The summed E-state index contributed by atoms with van der Waals surface area (Å²) in [6.07, 6.45) is 2.17. The Kier molecular flexibility index (Phi) is 2.46. The van der Waals surface area contributed by atoms with Crippen molar-refractivity contribution >= 4 is 45.8 Å². The number of benzene rings is 3. The summed E-state index contributed by atoms with van der Waals surface area (Å²) in [5.41, 5.74) is 10.6. The van der Waals surface area contributed by atoms with Gasteiger partial charge in [0.2, 0.25) is 5.69 Å². The lowest BCUT2D eigenvalue weighted by Gasteiger charge is -2.28. The Labute approximate surface area is 173 Å². The summed E-state index contributed by atoms with van der Waals surface area (Å²) in [5, 5.41) is 2.25. The smallest absolute Gasteiger partial charge is 0.531 e. The Hall–Kier alpha value is -3.73. The zero-order valence-electron chi connectivity index (χ0n) is 16.3. The van der Waals surface area contributed by atoms with Gasteiger partial charge in [-0.05, 0) is 37.3 Å². The largest absolute Gasteiger partial charge is 0.536 e. The van der Waals surface area contributed by atoms with Crippen molar-refractivity contribution in [3.63, 3.8) is 0 Å². The highest BCUT2D eigenvalue weighted by atomic mass is 16.5. The fraction of sp³-hybridized carbons (Fsp3) is 0.0800. The summed E-state index contributed by atoms with van der Waals surface area (Å²) in [6.45, 7) is 3.03. The lowest BCUT2D eigenvalue weighted by atomic mass is 9.66. The molecule has 4 nitrogen and oxygen atoms in total. The summed E-state index contributed by atoms with van der Waals surface area (Å²) in [7, 11) is -0.150. The van der Waals surface area contributed by atoms with Gasteiger partial charge in [-0.25, -0.2) is 0 Å². The van der Waals surface area contributed by atoms with Crippen LogP contribution in [0.15, 0.2) is 71.3 Å². The van der Waals surface area contributed by atoms with Gasteiger partial charge >= 0.3 is 7.05 Å². The summed E-state index contributed by atoms with van der Waals surface area (Å²) < 4.78 is 15.2. The van der Waals surface area contributed by atoms with Gasteiger partial charge in [0.25, 0.3) is 0 Å². The molecule has 8 rings (SSSR count). The molecule has 0 atom stereocenters. The maximum Gasteiger partial charge on any atom is 0.531 e. The molecule has 0 amide bonds. The lowest BCUT2D eigenvalue weighted by molar-refractivity contribution is -0.671. The van der Waals surface area contributed by atoms with Crippen LogP contribution in [-0.2, 0) is 6.54 Å². The first-order valence-electron chi connectivity index (χ1n) is 10.3. The van der Waals surface area contributed by atoms with Crippen molar-refractivity contribution in [3.8, 4) is 17.0 Å². The highest BCUT2D eigenvalue weighted by Gasteiger charge is 2.51. The van der Waals surface area contributed by atoms with Gasteiger partial charge in [0.1, 0.15) is 16.9 Å². The maximum absolute atomic E-state index is 6.60. The number of aryl methyl sites for hydroxylation is 1. The second-order valence-corrected chi connectivity index (χ2v) is 8.51. The zero-order valence-corrected chi connectivity index (χ0v) is 16.3. The second kappa shape index (κ2) is 4.87. The summed E-state index contributed by atoms with van der Waals surface area (Å²) >= 11 is 0. The molecule has 0 N–H and O–H groups in total. The van der Waals surface area contributed by atoms with Crippen LogP contribution in [0.4, 0.5) is 11.4 Å². The van der Waals surface area contributed by atoms with Crippen molar-refractivity contribution in [2.24, 2.45) is 0 Å². The van der Waals surface area contributed by atoms with E-state index in [1.54, 1.807) is 0 Å². The molecule has 0 radical (unpaired) electrons. The van der Waals surface area contributed by atoms with Crippen molar-refractivity contribution in [3.05, 3.63) is 78.0 Å². The molecule has 0 saturated carbocycles. The van der Waals surface area contributed by atoms with Gasteiger partial charge in [0.05, 0.1) is 16.7 Å². The summed E-state index contributed by atoms with van der Waals surface area (Å²) in [6, 6.07) is 21.6. The van der Waals surface area contributed by atoms with Crippen LogP contribution in [0, 0.1) is 6.92 Å². The number of nitrogens with zero attached hydrogens (tertiary/aromatic N) is 2. The van der Waals surface area contributed by atoms with Crippen LogP contribution in [0.5, 0.6) is 5.75 Å². The highest BCUT2D eigenvalue weighted by molar-refractivity contribution is 6.77. The van der Waals surface area contributed by atoms with E-state index in [2.05, 4.69) is 83.2 Å². The molecule has 3 aromatic carbocycles. The molecule has 2 aromatic heterocycles. The fourth-order valence-electron chi connectivity index (χ4n) is 5.51. The van der Waals surface area contributed by atoms with Crippen LogP contribution in [-0.4, -0.2) is 7.05 Å². The van der Waals surface area contributed by atoms with Gasteiger partial charge in [0, 0.05) is 34.2 Å². The molecule has 0 aliphatic carbocycles. The van der Waals surface area contributed by atoms with E-state index in [9.17, 15) is 0 Å². The standard InChI is InChI=1S/C25H16BN2O2/c1-14-7-8-21-16(10-14)17-11-23-20(12-22(17)29-21)28-19-6-2-4-15-13-27-9-3-5-18(26(28)30-23)25(27)24(15)19/h2-12H,13H2,1H3/q+1. The monoisotopic (exact) mass is 387 g/mol. The summed E-state index contributed by atoms with van der Waals surface area (Å²) in [4.78, 5) is 2.34. The van der Waals surface area contributed by atoms with Crippen molar-refractivity contribution in [2.75, 3.05) is 4.81 Å². The lowest BCUT2D eigenvalue weighted by Crippen LogP contribution is -2.53. The zero-order chi connectivity index (χ0) is 19.6. The van der Waals surface area contributed by atoms with Gasteiger partial charge in [-0.2, -0.15) is 4.57 Å². The van der Waals surface area contributed by atoms with E-state index in [0.717, 1.165) is 39.9 Å². The maximum atomic E-state index is 6.60. The third-order valence-corrected chi connectivity index (χ3v) is 6.77. The second-order valence-electron chi connectivity index (χ2n) is 8.51. The number of anilines is 2. The fourth-order valence-corrected chi connectivity index (χ4v) is 5.51. The Morgan fingerprint density at radius 2 is 1.87 bits per heavy atom. The molecule has 30 heavy (non-hydrogen) atoms. The minimum Gasteiger partial charge on any atom is -0.536 e. The van der Waals surface area contributed by atoms with Crippen LogP contribution >= 0.6 is 0 Å². The van der Waals surface area contributed by atoms with E-state index in [1.807, 2.05) is 0 Å². The highest BCUT2D eigenvalue weighted by Crippen LogP contribution is 2.50. The molecular formula is C25H16BN2O2+. The van der Waals surface area contributed by atoms with Crippen LogP contribution in [0.1, 0.15) is 11.1 Å². The van der Waals surface area contributed by atoms with E-state index in [0.29, 0.717) is 0 Å². The molecule has 0 unspecified atom stereocenters. The topological polar surface area (TPSA) is 29.5 Å². The minimum absolute atomic E-state index is 0.150. The predicted octanol–water partition coefficient (Wildman–Crippen LogP) is 4.45. The molecule has 5 heteroatoms. The van der Waals surface area contributed by atoms with Crippen LogP contribution in [0.3, 0.4) is 0 Å². The average molecular weight is 387 g/mol. The Balaban J connectivity index is 1.44. The van der Waals surface area contributed by atoms with Gasteiger partial charge < -0.3 is 13.9 Å². The average Bonchev–Trinajstić information content (AvgIpc) is 3.42. The van der Waals surface area contributed by atoms with E-state index in [1.165, 1.54) is 33.5 Å². The first kappa shape index (κ1) is 15.2. The normalized spacial score (nSPS) is 14.8. The third kappa shape index (κ3) is 1.65. The van der Waals surface area contributed by atoms with Crippen molar-refractivity contribution in [1.82, 2.24) is 0 Å². The molecular weight excluding hydrogens is 371 g/mol. The van der Waals surface area contributed by atoms with Crippen molar-refractivity contribution < 1.29 is 13.6 Å². The van der Waals surface area contributed by atoms with Crippen molar-refractivity contribution in [1.29, 1.82) is 0 Å². The molecule has 0 spiro atoms. The molecule has 3 aliphatic heterocycles. The van der Waals surface area contributed by atoms with Gasteiger partial charge in [-0.3, -0.25) is 0 Å². The molecule has 0 saturated heterocycles. The minimum atomic E-state index is -0.150. The van der Waals surface area contributed by atoms with E-state index >= 15 is 0 Å². The van der Waals surface area contributed by atoms with E-state index in [4.69, 9.17) is 9.07 Å². The molecule has 5 aromatic rings. The summed E-state index contributed by atoms with van der Waals surface area (Å²) in [5.74, 6) is 0.914. The number of aromatic nitrogens is 1. The number of pyridine rings is 1. The molecule has 5 heterocycles. The Morgan fingerprint density at radius 3 is 2.83 bits per heavy atom. The first-order valence-corrected chi connectivity index (χ1v) is 10.3. The van der Waals surface area contributed by atoms with E-state index < -0.39 is 0 Å². The Bertz CT molecular complexity index is 1590. The van der Waals surface area contributed by atoms with Crippen LogP contribution in [0.2, 0.25) is 0 Å². The van der Waals surface area contributed by atoms with Gasteiger partial charge in [-0.1, -0.05) is 23.8 Å². The third-order valence-electron chi connectivity index (χ3n) is 6.77. The van der Waals surface area contributed by atoms with Gasteiger partial charge in [-0.15, -0.1) is 0 Å². The van der Waals surface area contributed by atoms with E-state index in [-0.39, 0.29) is 7.05 Å². The molecule has 0 bridgehead atoms. The number of fused-ring (bicyclic) bond motifs is 8. The number of rotatable bonds is 0. The Morgan fingerprint density at radius 1 is 0.933 bits per heavy atom. The first-order chi connectivity index (χ1) is 14.8. The molecule has 0 fully saturated rings. The number of hydrogen-bond donors (Lipinski definition) is 0. The quantitative estimate of drug-likeness (QED) is 0.285. The van der Waals surface area contributed by atoms with Crippen molar-refractivity contribution in [2.45, 2.75) is 13.5 Å². The van der Waals surface area contributed by atoms with Gasteiger partial charge in [0.15, 0.2) is 12.7 Å². The van der Waals surface area contributed by atoms with Crippen LogP contribution < -0.4 is 19.5 Å².